The van der Waals surface area contributed by atoms with Crippen molar-refractivity contribution in [1.29, 1.82) is 0 Å². The molecular weight excluding hydrogens is 374 g/mol. The van der Waals surface area contributed by atoms with Gasteiger partial charge in [0.15, 0.2) is 0 Å². The average molecular weight is 397 g/mol. The van der Waals surface area contributed by atoms with E-state index in [9.17, 15) is 9.90 Å². The van der Waals surface area contributed by atoms with Gasteiger partial charge in [-0.2, -0.15) is 5.10 Å². The van der Waals surface area contributed by atoms with Crippen molar-refractivity contribution < 1.29 is 9.90 Å². The van der Waals surface area contributed by atoms with E-state index in [1.807, 2.05) is 43.4 Å². The van der Waals surface area contributed by atoms with Gasteiger partial charge in [-0.05, 0) is 41.5 Å². The number of benzene rings is 3. The van der Waals surface area contributed by atoms with Crippen LogP contribution in [-0.4, -0.2) is 34.9 Å². The molecule has 1 amide bonds. The molecule has 2 heterocycles. The quantitative estimate of drug-likeness (QED) is 0.698. The molecule has 2 aliphatic heterocycles. The molecule has 0 spiro atoms. The van der Waals surface area contributed by atoms with E-state index in [1.54, 1.807) is 17.1 Å². The van der Waals surface area contributed by atoms with Crippen molar-refractivity contribution in [2.45, 2.75) is 24.9 Å². The third-order valence-corrected chi connectivity index (χ3v) is 6.26. The summed E-state index contributed by atoms with van der Waals surface area (Å²) in [4.78, 5) is 15.7. The van der Waals surface area contributed by atoms with E-state index in [0.29, 0.717) is 5.56 Å². The second-order valence-electron chi connectivity index (χ2n) is 8.21. The van der Waals surface area contributed by atoms with Gasteiger partial charge in [0.05, 0.1) is 5.71 Å². The SMILES string of the molecule is CN1c2ccccc2[C@@]2(C)CC(c3ccccc3)=NN(C(=O)c3ccc(O)cc3)[C@@H]12. The van der Waals surface area contributed by atoms with E-state index in [1.165, 1.54) is 17.7 Å². The number of rotatable bonds is 2. The Morgan fingerprint density at radius 2 is 1.67 bits per heavy atom. The van der Waals surface area contributed by atoms with E-state index in [2.05, 4.69) is 30.0 Å². The summed E-state index contributed by atoms with van der Waals surface area (Å²) >= 11 is 0. The molecule has 0 saturated heterocycles. The smallest absolute Gasteiger partial charge is 0.276 e. The third kappa shape index (κ3) is 2.70. The topological polar surface area (TPSA) is 56.1 Å². The molecule has 0 bridgehead atoms. The molecule has 0 saturated carbocycles. The Bertz CT molecular complexity index is 1140. The molecule has 0 aliphatic carbocycles. The highest BCUT2D eigenvalue weighted by atomic mass is 16.3. The number of carbonyl (C=O) groups excluding carboxylic acids is 1. The number of anilines is 1. The Morgan fingerprint density at radius 1 is 1.00 bits per heavy atom. The first kappa shape index (κ1) is 18.4. The number of hydrazone groups is 1. The fourth-order valence-corrected chi connectivity index (χ4v) is 4.83. The highest BCUT2D eigenvalue weighted by Crippen LogP contribution is 2.50. The zero-order valence-corrected chi connectivity index (χ0v) is 17.0. The van der Waals surface area contributed by atoms with Crippen LogP contribution in [0.3, 0.4) is 0 Å². The summed E-state index contributed by atoms with van der Waals surface area (Å²) in [6, 6.07) is 24.7. The Labute approximate surface area is 175 Å². The van der Waals surface area contributed by atoms with Crippen LogP contribution in [0.1, 0.15) is 34.8 Å². The predicted molar refractivity (Wildman–Crippen MR) is 118 cm³/mol. The standard InChI is InChI=1S/C25H23N3O2/c1-25-16-21(17-8-4-3-5-9-17)26-28(23(30)18-12-14-19(29)15-13-18)24(25)27(2)22-11-7-6-10-20(22)25/h3-15,24,29H,16H2,1-2H3/t24-,25-/m1/s1. The number of fused-ring (bicyclic) bond motifs is 3. The van der Waals surface area contributed by atoms with E-state index < -0.39 is 0 Å². The molecule has 2 aliphatic rings. The van der Waals surface area contributed by atoms with Gasteiger partial charge in [-0.25, -0.2) is 5.01 Å². The van der Waals surface area contributed by atoms with Crippen LogP contribution in [-0.2, 0) is 5.41 Å². The fraction of sp³-hybridized carbons (Fsp3) is 0.200. The minimum Gasteiger partial charge on any atom is -0.508 e. The molecule has 3 aromatic carbocycles. The molecule has 5 nitrogen and oxygen atoms in total. The van der Waals surface area contributed by atoms with Gasteiger partial charge in [-0.15, -0.1) is 0 Å². The first-order valence-electron chi connectivity index (χ1n) is 10.1. The molecule has 5 rings (SSSR count). The number of carbonyl (C=O) groups is 1. The lowest BCUT2D eigenvalue weighted by molar-refractivity contribution is 0.0581. The molecule has 1 N–H and O–H groups in total. The lowest BCUT2D eigenvalue weighted by atomic mass is 9.75. The Morgan fingerprint density at radius 3 is 2.40 bits per heavy atom. The summed E-state index contributed by atoms with van der Waals surface area (Å²) in [6.07, 6.45) is 0.506. The number of likely N-dealkylation sites (N-methyl/N-ethyl adjacent to an activating group) is 1. The number of phenols is 1. The van der Waals surface area contributed by atoms with Crippen molar-refractivity contribution in [1.82, 2.24) is 5.01 Å². The average Bonchev–Trinajstić information content (AvgIpc) is 3.01. The van der Waals surface area contributed by atoms with Crippen LogP contribution in [0.25, 0.3) is 0 Å². The normalized spacial score (nSPS) is 22.3. The second kappa shape index (κ2) is 6.73. The number of amides is 1. The van der Waals surface area contributed by atoms with Crippen molar-refractivity contribution in [3.05, 3.63) is 95.6 Å². The Balaban J connectivity index is 1.67. The molecule has 150 valence electrons. The highest BCUT2D eigenvalue weighted by Gasteiger charge is 2.53. The van der Waals surface area contributed by atoms with E-state index in [4.69, 9.17) is 5.10 Å². The molecule has 30 heavy (non-hydrogen) atoms. The minimum absolute atomic E-state index is 0.133. The maximum absolute atomic E-state index is 13.6. The van der Waals surface area contributed by atoms with Crippen LogP contribution in [0.5, 0.6) is 5.75 Å². The summed E-state index contributed by atoms with van der Waals surface area (Å²) in [5.41, 5.74) is 4.46. The number of aromatic hydroxyl groups is 1. The number of hydrogen-bond donors (Lipinski definition) is 1. The molecule has 0 fully saturated rings. The maximum Gasteiger partial charge on any atom is 0.276 e. The molecule has 3 aromatic rings. The molecule has 0 unspecified atom stereocenters. The Hall–Kier alpha value is -3.60. The van der Waals surface area contributed by atoms with Crippen molar-refractivity contribution >= 4 is 17.3 Å². The number of para-hydroxylation sites is 1. The van der Waals surface area contributed by atoms with E-state index in [0.717, 1.165) is 23.4 Å². The summed E-state index contributed by atoms with van der Waals surface area (Å²) in [5.74, 6) is -0.0482. The van der Waals surface area contributed by atoms with Gasteiger partial charge in [-0.1, -0.05) is 55.5 Å². The molecule has 0 aromatic heterocycles. The fourth-order valence-electron chi connectivity index (χ4n) is 4.83. The predicted octanol–water partition coefficient (Wildman–Crippen LogP) is 4.38. The minimum atomic E-state index is -0.301. The van der Waals surface area contributed by atoms with Crippen molar-refractivity contribution in [3.63, 3.8) is 0 Å². The van der Waals surface area contributed by atoms with Crippen LogP contribution in [0, 0.1) is 0 Å². The number of hydrogen-bond acceptors (Lipinski definition) is 4. The van der Waals surface area contributed by atoms with Gasteiger partial charge in [-0.3, -0.25) is 4.79 Å². The summed E-state index contributed by atoms with van der Waals surface area (Å²) < 4.78 is 0. The largest absolute Gasteiger partial charge is 0.508 e. The monoisotopic (exact) mass is 397 g/mol. The van der Waals surface area contributed by atoms with Crippen molar-refractivity contribution in [2.24, 2.45) is 5.10 Å². The number of phenolic OH excluding ortho intramolecular Hbond substituents is 1. The first-order valence-corrected chi connectivity index (χ1v) is 10.1. The van der Waals surface area contributed by atoms with Crippen LogP contribution < -0.4 is 4.90 Å². The third-order valence-electron chi connectivity index (χ3n) is 6.26. The lowest BCUT2D eigenvalue weighted by Gasteiger charge is -2.44. The van der Waals surface area contributed by atoms with Gasteiger partial charge in [0.25, 0.3) is 5.91 Å². The van der Waals surface area contributed by atoms with E-state index >= 15 is 0 Å². The summed E-state index contributed by atoms with van der Waals surface area (Å²) in [6.45, 7) is 2.22. The molecule has 5 heteroatoms. The molecule has 2 atom stereocenters. The maximum atomic E-state index is 13.6. The van der Waals surface area contributed by atoms with E-state index in [-0.39, 0.29) is 23.2 Å². The van der Waals surface area contributed by atoms with Gasteiger partial charge in [0, 0.05) is 30.1 Å². The second-order valence-corrected chi connectivity index (χ2v) is 8.21. The zero-order chi connectivity index (χ0) is 20.9. The Kier molecular flexibility index (Phi) is 4.13. The van der Waals surface area contributed by atoms with Crippen molar-refractivity contribution in [3.8, 4) is 5.75 Å². The van der Waals surface area contributed by atoms with Gasteiger partial charge in [0.2, 0.25) is 0 Å². The van der Waals surface area contributed by atoms with Gasteiger partial charge < -0.3 is 10.0 Å². The number of nitrogens with zero attached hydrogens (tertiary/aromatic N) is 3. The molecule has 0 radical (unpaired) electrons. The lowest BCUT2D eigenvalue weighted by Crippen LogP contribution is -2.57. The van der Waals surface area contributed by atoms with Gasteiger partial charge in [0.1, 0.15) is 11.9 Å². The van der Waals surface area contributed by atoms with Crippen LogP contribution in [0.15, 0.2) is 84.0 Å². The zero-order valence-electron chi connectivity index (χ0n) is 17.0. The van der Waals surface area contributed by atoms with Crippen LogP contribution in [0.4, 0.5) is 5.69 Å². The summed E-state index contributed by atoms with van der Waals surface area (Å²) in [7, 11) is 2.02. The van der Waals surface area contributed by atoms with Crippen molar-refractivity contribution in [2.75, 3.05) is 11.9 Å². The van der Waals surface area contributed by atoms with Gasteiger partial charge >= 0.3 is 0 Å². The highest BCUT2D eigenvalue weighted by molar-refractivity contribution is 6.04. The summed E-state index contributed by atoms with van der Waals surface area (Å²) in [5, 5.41) is 16.1. The molecular formula is C25H23N3O2. The van der Waals surface area contributed by atoms with Crippen LogP contribution in [0.2, 0.25) is 0 Å². The van der Waals surface area contributed by atoms with Crippen LogP contribution >= 0.6 is 0 Å². The first-order chi connectivity index (χ1) is 14.5.